The van der Waals surface area contributed by atoms with Crippen LogP contribution < -0.4 is 0 Å². The van der Waals surface area contributed by atoms with Crippen molar-refractivity contribution < 1.29 is 4.79 Å². The van der Waals surface area contributed by atoms with Gasteiger partial charge in [-0.25, -0.2) is 0 Å². The number of carbonyl (C=O) groups excluding carboxylic acids is 1. The molecule has 0 aromatic rings. The highest BCUT2D eigenvalue weighted by Gasteiger charge is 2.51. The zero-order valence-corrected chi connectivity index (χ0v) is 11.0. The molecule has 16 heavy (non-hydrogen) atoms. The van der Waals surface area contributed by atoms with Crippen molar-refractivity contribution in [3.8, 4) is 0 Å². The van der Waals surface area contributed by atoms with Gasteiger partial charge in [0.2, 0.25) is 0 Å². The molecule has 1 fully saturated rings. The summed E-state index contributed by atoms with van der Waals surface area (Å²) >= 11 is 0. The van der Waals surface area contributed by atoms with Gasteiger partial charge in [0.15, 0.2) is 0 Å². The zero-order chi connectivity index (χ0) is 11.9. The van der Waals surface area contributed by atoms with Crippen LogP contribution in [-0.4, -0.2) is 5.78 Å². The Morgan fingerprint density at radius 1 is 1.44 bits per heavy atom. The summed E-state index contributed by atoms with van der Waals surface area (Å²) < 4.78 is 0. The minimum atomic E-state index is -0.0874. The Balaban J connectivity index is 2.40. The molecule has 1 saturated carbocycles. The van der Waals surface area contributed by atoms with Crippen LogP contribution in [0.5, 0.6) is 0 Å². The predicted octanol–water partition coefficient (Wildman–Crippen LogP) is 3.98. The molecular weight excluding hydrogens is 196 g/mol. The van der Waals surface area contributed by atoms with Crippen LogP contribution in [0.2, 0.25) is 0 Å². The molecule has 0 saturated heterocycles. The highest BCUT2D eigenvalue weighted by molar-refractivity contribution is 5.89. The lowest BCUT2D eigenvalue weighted by atomic mass is 9.64. The Hall–Kier alpha value is -0.590. The minimum Gasteiger partial charge on any atom is -0.298 e. The van der Waals surface area contributed by atoms with Gasteiger partial charge in [-0.05, 0) is 44.4 Å². The summed E-state index contributed by atoms with van der Waals surface area (Å²) in [7, 11) is 0. The van der Waals surface area contributed by atoms with Gasteiger partial charge in [0.05, 0.1) is 5.41 Å². The molecule has 1 heteroatoms. The Morgan fingerprint density at radius 2 is 2.12 bits per heavy atom. The Bertz CT molecular complexity index is 326. The second-order valence-electron chi connectivity index (χ2n) is 6.21. The third-order valence-electron chi connectivity index (χ3n) is 4.70. The van der Waals surface area contributed by atoms with Gasteiger partial charge >= 0.3 is 0 Å². The van der Waals surface area contributed by atoms with Crippen LogP contribution in [0.4, 0.5) is 0 Å². The molecule has 0 radical (unpaired) electrons. The van der Waals surface area contributed by atoms with E-state index >= 15 is 0 Å². The van der Waals surface area contributed by atoms with E-state index in [-0.39, 0.29) is 11.3 Å². The monoisotopic (exact) mass is 220 g/mol. The summed E-state index contributed by atoms with van der Waals surface area (Å²) in [6.07, 6.45) is 7.07. The maximum Gasteiger partial charge on any atom is 0.145 e. The van der Waals surface area contributed by atoms with E-state index in [1.165, 1.54) is 24.8 Å². The average Bonchev–Trinajstić information content (AvgIpc) is 2.55. The number of carbonyl (C=O) groups is 1. The molecule has 2 aliphatic carbocycles. The summed E-state index contributed by atoms with van der Waals surface area (Å²) in [6.45, 7) is 8.62. The van der Waals surface area contributed by atoms with Crippen LogP contribution in [0.15, 0.2) is 11.6 Å². The van der Waals surface area contributed by atoms with Crippen molar-refractivity contribution in [2.75, 3.05) is 0 Å². The standard InChI is InChI=1S/C15H24O/c1-10(2)14(16)15-8-7-12(4)13(15)6-5-11(3)9-15/h9-10,12-13H,5-8H2,1-4H3. The predicted molar refractivity (Wildman–Crippen MR) is 67.2 cm³/mol. The number of hydrogen-bond donors (Lipinski definition) is 0. The van der Waals surface area contributed by atoms with Gasteiger partial charge in [-0.2, -0.15) is 0 Å². The van der Waals surface area contributed by atoms with Gasteiger partial charge in [-0.1, -0.05) is 32.4 Å². The van der Waals surface area contributed by atoms with Gasteiger partial charge in [-0.3, -0.25) is 4.79 Å². The molecule has 0 amide bonds. The first-order valence-corrected chi connectivity index (χ1v) is 6.70. The van der Waals surface area contributed by atoms with E-state index in [0.717, 1.165) is 12.3 Å². The Kier molecular flexibility index (Phi) is 2.98. The van der Waals surface area contributed by atoms with E-state index in [1.54, 1.807) is 0 Å². The van der Waals surface area contributed by atoms with Crippen molar-refractivity contribution in [1.29, 1.82) is 0 Å². The minimum absolute atomic E-state index is 0.0874. The first-order chi connectivity index (χ1) is 7.47. The molecular formula is C15H24O. The summed E-state index contributed by atoms with van der Waals surface area (Å²) in [5.74, 6) is 2.01. The number of allylic oxidation sites excluding steroid dienone is 2. The molecule has 0 heterocycles. The van der Waals surface area contributed by atoms with Crippen molar-refractivity contribution in [1.82, 2.24) is 0 Å². The molecule has 0 bridgehead atoms. The number of ketones is 1. The first kappa shape index (κ1) is 11.9. The summed E-state index contributed by atoms with van der Waals surface area (Å²) in [5.41, 5.74) is 1.34. The van der Waals surface area contributed by atoms with Crippen molar-refractivity contribution in [3.63, 3.8) is 0 Å². The molecule has 0 aromatic heterocycles. The van der Waals surface area contributed by atoms with E-state index < -0.39 is 0 Å². The summed E-state index contributed by atoms with van der Waals surface area (Å²) in [5, 5.41) is 0. The van der Waals surface area contributed by atoms with Crippen LogP contribution in [0.25, 0.3) is 0 Å². The highest BCUT2D eigenvalue weighted by Crippen LogP contribution is 2.54. The fraction of sp³-hybridized carbons (Fsp3) is 0.800. The van der Waals surface area contributed by atoms with E-state index in [1.807, 2.05) is 0 Å². The average molecular weight is 220 g/mol. The quantitative estimate of drug-likeness (QED) is 0.643. The normalized spacial score (nSPS) is 38.4. The summed E-state index contributed by atoms with van der Waals surface area (Å²) in [4.78, 5) is 12.5. The number of fused-ring (bicyclic) bond motifs is 1. The Labute approximate surface area is 99.3 Å². The number of hydrogen-bond acceptors (Lipinski definition) is 1. The SMILES string of the molecule is CC1=CC2(C(=O)C(C)C)CCC(C)C2CC1. The summed E-state index contributed by atoms with van der Waals surface area (Å²) in [6, 6.07) is 0. The van der Waals surface area contributed by atoms with Gasteiger partial charge in [0.25, 0.3) is 0 Å². The highest BCUT2D eigenvalue weighted by atomic mass is 16.1. The third kappa shape index (κ3) is 1.65. The number of Topliss-reactive ketones (excluding diaryl/α,β-unsaturated/α-hetero) is 1. The van der Waals surface area contributed by atoms with Gasteiger partial charge in [0.1, 0.15) is 5.78 Å². The van der Waals surface area contributed by atoms with Gasteiger partial charge in [0, 0.05) is 5.92 Å². The fourth-order valence-corrected chi connectivity index (χ4v) is 3.89. The molecule has 0 aliphatic heterocycles. The van der Waals surface area contributed by atoms with Crippen molar-refractivity contribution in [2.24, 2.45) is 23.2 Å². The lowest BCUT2D eigenvalue weighted by Gasteiger charge is -2.38. The fourth-order valence-electron chi connectivity index (χ4n) is 3.89. The third-order valence-corrected chi connectivity index (χ3v) is 4.70. The molecule has 2 rings (SSSR count). The molecule has 2 aliphatic rings. The lowest BCUT2D eigenvalue weighted by molar-refractivity contribution is -0.131. The first-order valence-electron chi connectivity index (χ1n) is 6.70. The van der Waals surface area contributed by atoms with Crippen molar-refractivity contribution in [2.45, 2.75) is 53.4 Å². The molecule has 3 atom stereocenters. The maximum absolute atomic E-state index is 12.5. The van der Waals surface area contributed by atoms with Crippen LogP contribution in [0, 0.1) is 23.2 Å². The molecule has 3 unspecified atom stereocenters. The van der Waals surface area contributed by atoms with E-state index in [0.29, 0.717) is 11.7 Å². The van der Waals surface area contributed by atoms with Crippen LogP contribution >= 0.6 is 0 Å². The van der Waals surface area contributed by atoms with Crippen LogP contribution in [0.3, 0.4) is 0 Å². The van der Waals surface area contributed by atoms with Crippen LogP contribution in [-0.2, 0) is 4.79 Å². The molecule has 0 N–H and O–H groups in total. The van der Waals surface area contributed by atoms with Gasteiger partial charge in [-0.15, -0.1) is 0 Å². The second-order valence-corrected chi connectivity index (χ2v) is 6.21. The van der Waals surface area contributed by atoms with Crippen molar-refractivity contribution in [3.05, 3.63) is 11.6 Å². The number of rotatable bonds is 2. The second kappa shape index (κ2) is 4.01. The Morgan fingerprint density at radius 3 is 2.75 bits per heavy atom. The van der Waals surface area contributed by atoms with E-state index in [4.69, 9.17) is 0 Å². The van der Waals surface area contributed by atoms with E-state index in [2.05, 4.69) is 33.8 Å². The van der Waals surface area contributed by atoms with E-state index in [9.17, 15) is 4.79 Å². The molecule has 0 spiro atoms. The molecule has 90 valence electrons. The lowest BCUT2D eigenvalue weighted by Crippen LogP contribution is -2.39. The topological polar surface area (TPSA) is 17.1 Å². The zero-order valence-electron chi connectivity index (χ0n) is 11.0. The molecule has 1 nitrogen and oxygen atoms in total. The van der Waals surface area contributed by atoms with Crippen LogP contribution in [0.1, 0.15) is 53.4 Å². The van der Waals surface area contributed by atoms with Gasteiger partial charge < -0.3 is 0 Å². The maximum atomic E-state index is 12.5. The molecule has 0 aromatic carbocycles. The smallest absolute Gasteiger partial charge is 0.145 e. The largest absolute Gasteiger partial charge is 0.298 e. The van der Waals surface area contributed by atoms with Crippen molar-refractivity contribution >= 4 is 5.78 Å².